The molecule has 0 radical (unpaired) electrons. The van der Waals surface area contributed by atoms with Gasteiger partial charge in [0.05, 0.1) is 6.10 Å². The molecule has 0 unspecified atom stereocenters. The molecule has 0 aliphatic heterocycles. The normalized spacial score (nSPS) is 27.7. The molecule has 0 aromatic heterocycles. The Balaban J connectivity index is 2.30. The van der Waals surface area contributed by atoms with E-state index in [-0.39, 0.29) is 6.10 Å². The average molecular weight is 182 g/mol. The molecular weight excluding hydrogens is 160 g/mol. The number of rotatable bonds is 3. The van der Waals surface area contributed by atoms with Crippen molar-refractivity contribution in [1.82, 2.24) is 0 Å². The molecule has 0 aromatic rings. The molecule has 1 saturated carbocycles. The van der Waals surface area contributed by atoms with E-state index in [9.17, 15) is 5.11 Å². The molecule has 1 aliphatic rings. The zero-order valence-corrected chi connectivity index (χ0v) is 9.14. The van der Waals surface area contributed by atoms with Crippen LogP contribution in [0.5, 0.6) is 0 Å². The minimum absolute atomic E-state index is 0.00929. The van der Waals surface area contributed by atoms with E-state index in [0.29, 0.717) is 5.92 Å². The van der Waals surface area contributed by atoms with Crippen molar-refractivity contribution in [3.05, 3.63) is 11.1 Å². The van der Waals surface area contributed by atoms with E-state index < -0.39 is 0 Å². The van der Waals surface area contributed by atoms with Crippen LogP contribution in [-0.4, -0.2) is 11.2 Å². The predicted octanol–water partition coefficient (Wildman–Crippen LogP) is 3.28. The topological polar surface area (TPSA) is 20.2 Å². The molecule has 1 rings (SSSR count). The maximum Gasteiger partial charge on any atom is 0.0568 e. The molecule has 13 heavy (non-hydrogen) atoms. The SMILES string of the molecule is CC(C)=C(C)CC[C@@H]1CCC[C@H]1O. The highest BCUT2D eigenvalue weighted by Crippen LogP contribution is 2.30. The van der Waals surface area contributed by atoms with Gasteiger partial charge in [-0.15, -0.1) is 0 Å². The number of aliphatic hydroxyl groups is 1. The quantitative estimate of drug-likeness (QED) is 0.664. The Kier molecular flexibility index (Phi) is 3.98. The second-order valence-electron chi connectivity index (χ2n) is 4.58. The summed E-state index contributed by atoms with van der Waals surface area (Å²) in [5.41, 5.74) is 2.94. The Labute approximate surface area is 81.9 Å². The van der Waals surface area contributed by atoms with Crippen LogP contribution in [0.1, 0.15) is 52.9 Å². The fraction of sp³-hybridized carbons (Fsp3) is 0.833. The van der Waals surface area contributed by atoms with E-state index in [4.69, 9.17) is 0 Å². The molecule has 76 valence electrons. The van der Waals surface area contributed by atoms with Crippen LogP contribution >= 0.6 is 0 Å². The molecule has 1 heteroatoms. The van der Waals surface area contributed by atoms with Crippen LogP contribution in [0, 0.1) is 5.92 Å². The molecule has 0 heterocycles. The molecule has 1 N–H and O–H groups in total. The molecule has 0 spiro atoms. The van der Waals surface area contributed by atoms with Crippen LogP contribution in [0.2, 0.25) is 0 Å². The van der Waals surface area contributed by atoms with Crippen LogP contribution in [0.25, 0.3) is 0 Å². The van der Waals surface area contributed by atoms with Crippen LogP contribution < -0.4 is 0 Å². The smallest absolute Gasteiger partial charge is 0.0568 e. The molecule has 2 atom stereocenters. The summed E-state index contributed by atoms with van der Waals surface area (Å²) in [7, 11) is 0. The lowest BCUT2D eigenvalue weighted by molar-refractivity contribution is 0.128. The fourth-order valence-corrected chi connectivity index (χ4v) is 2.01. The average Bonchev–Trinajstić information content (AvgIpc) is 2.47. The summed E-state index contributed by atoms with van der Waals surface area (Å²) in [4.78, 5) is 0. The van der Waals surface area contributed by atoms with Gasteiger partial charge in [0.25, 0.3) is 0 Å². The van der Waals surface area contributed by atoms with E-state index in [1.54, 1.807) is 0 Å². The number of hydrogen-bond donors (Lipinski definition) is 1. The summed E-state index contributed by atoms with van der Waals surface area (Å²) in [6.07, 6.45) is 5.82. The van der Waals surface area contributed by atoms with Gasteiger partial charge in [-0.1, -0.05) is 17.6 Å². The van der Waals surface area contributed by atoms with Crippen LogP contribution in [-0.2, 0) is 0 Å². The highest BCUT2D eigenvalue weighted by atomic mass is 16.3. The Morgan fingerprint density at radius 2 is 1.92 bits per heavy atom. The van der Waals surface area contributed by atoms with Crippen molar-refractivity contribution in [1.29, 1.82) is 0 Å². The van der Waals surface area contributed by atoms with Crippen molar-refractivity contribution in [3.63, 3.8) is 0 Å². The first-order valence-corrected chi connectivity index (χ1v) is 5.42. The Bertz CT molecular complexity index is 189. The van der Waals surface area contributed by atoms with Gasteiger partial charge in [-0.2, -0.15) is 0 Å². The van der Waals surface area contributed by atoms with Gasteiger partial charge in [-0.05, 0) is 52.4 Å². The lowest BCUT2D eigenvalue weighted by Crippen LogP contribution is -2.12. The zero-order chi connectivity index (χ0) is 9.84. The van der Waals surface area contributed by atoms with Gasteiger partial charge in [0, 0.05) is 0 Å². The van der Waals surface area contributed by atoms with Crippen molar-refractivity contribution in [2.24, 2.45) is 5.92 Å². The first kappa shape index (κ1) is 10.8. The Hall–Kier alpha value is -0.300. The molecule has 0 saturated heterocycles. The highest BCUT2D eigenvalue weighted by Gasteiger charge is 2.24. The van der Waals surface area contributed by atoms with Crippen molar-refractivity contribution in [2.45, 2.75) is 59.0 Å². The Morgan fingerprint density at radius 1 is 1.23 bits per heavy atom. The van der Waals surface area contributed by atoms with Gasteiger partial charge in [0.1, 0.15) is 0 Å². The summed E-state index contributed by atoms with van der Waals surface area (Å²) in [5, 5.41) is 9.62. The third kappa shape index (κ3) is 3.15. The number of allylic oxidation sites excluding steroid dienone is 2. The first-order chi connectivity index (χ1) is 6.11. The number of hydrogen-bond acceptors (Lipinski definition) is 1. The summed E-state index contributed by atoms with van der Waals surface area (Å²) < 4.78 is 0. The molecule has 0 amide bonds. The summed E-state index contributed by atoms with van der Waals surface area (Å²) in [5.74, 6) is 0.578. The van der Waals surface area contributed by atoms with Gasteiger partial charge in [0.2, 0.25) is 0 Å². The monoisotopic (exact) mass is 182 g/mol. The van der Waals surface area contributed by atoms with Gasteiger partial charge in [-0.3, -0.25) is 0 Å². The van der Waals surface area contributed by atoms with E-state index >= 15 is 0 Å². The minimum atomic E-state index is -0.00929. The van der Waals surface area contributed by atoms with Gasteiger partial charge >= 0.3 is 0 Å². The van der Waals surface area contributed by atoms with Crippen molar-refractivity contribution < 1.29 is 5.11 Å². The summed E-state index contributed by atoms with van der Waals surface area (Å²) in [6, 6.07) is 0. The number of aliphatic hydroxyl groups excluding tert-OH is 1. The van der Waals surface area contributed by atoms with Crippen LogP contribution in [0.4, 0.5) is 0 Å². The highest BCUT2D eigenvalue weighted by molar-refractivity contribution is 5.06. The van der Waals surface area contributed by atoms with Crippen LogP contribution in [0.15, 0.2) is 11.1 Å². The second kappa shape index (κ2) is 4.80. The molecule has 1 aliphatic carbocycles. The van der Waals surface area contributed by atoms with Crippen molar-refractivity contribution in [3.8, 4) is 0 Å². The molecule has 1 nitrogen and oxygen atoms in total. The van der Waals surface area contributed by atoms with Crippen molar-refractivity contribution in [2.75, 3.05) is 0 Å². The van der Waals surface area contributed by atoms with Crippen molar-refractivity contribution >= 4 is 0 Å². The molecule has 0 aromatic carbocycles. The maximum atomic E-state index is 9.62. The van der Waals surface area contributed by atoms with E-state index in [1.807, 2.05) is 0 Å². The predicted molar refractivity (Wildman–Crippen MR) is 56.6 cm³/mol. The molecule has 0 bridgehead atoms. The Morgan fingerprint density at radius 3 is 2.38 bits per heavy atom. The third-order valence-corrected chi connectivity index (χ3v) is 3.36. The molecular formula is C12H22O. The minimum Gasteiger partial charge on any atom is -0.393 e. The summed E-state index contributed by atoms with van der Waals surface area (Å²) in [6.45, 7) is 6.54. The molecule has 1 fully saturated rings. The second-order valence-corrected chi connectivity index (χ2v) is 4.58. The first-order valence-electron chi connectivity index (χ1n) is 5.42. The van der Waals surface area contributed by atoms with E-state index in [2.05, 4.69) is 20.8 Å². The van der Waals surface area contributed by atoms with Gasteiger partial charge in [-0.25, -0.2) is 0 Å². The van der Waals surface area contributed by atoms with Crippen LogP contribution in [0.3, 0.4) is 0 Å². The third-order valence-electron chi connectivity index (χ3n) is 3.36. The van der Waals surface area contributed by atoms with E-state index in [0.717, 1.165) is 6.42 Å². The van der Waals surface area contributed by atoms with Gasteiger partial charge < -0.3 is 5.11 Å². The fourth-order valence-electron chi connectivity index (χ4n) is 2.01. The largest absolute Gasteiger partial charge is 0.393 e. The summed E-state index contributed by atoms with van der Waals surface area (Å²) >= 11 is 0. The van der Waals surface area contributed by atoms with Gasteiger partial charge in [0.15, 0.2) is 0 Å². The maximum absolute atomic E-state index is 9.62. The lowest BCUT2D eigenvalue weighted by atomic mass is 9.95. The lowest BCUT2D eigenvalue weighted by Gasteiger charge is -2.14. The van der Waals surface area contributed by atoms with E-state index in [1.165, 1.54) is 36.8 Å². The zero-order valence-electron chi connectivity index (χ0n) is 9.14. The standard InChI is InChI=1S/C12H22O/c1-9(2)10(3)7-8-11-5-4-6-12(11)13/h11-13H,4-8H2,1-3H3/t11-,12+/m0/s1.